The maximum atomic E-state index is 13.0. The van der Waals surface area contributed by atoms with E-state index in [-0.39, 0.29) is 23.6 Å². The molecule has 0 saturated carbocycles. The molecular weight excluding hydrogens is 370 g/mol. The van der Waals surface area contributed by atoms with Gasteiger partial charge in [-0.3, -0.25) is 9.59 Å². The van der Waals surface area contributed by atoms with Gasteiger partial charge in [0.25, 0.3) is 11.5 Å². The lowest BCUT2D eigenvalue weighted by Gasteiger charge is -2.24. The first-order valence-electron chi connectivity index (χ1n) is 10.3. The predicted octanol–water partition coefficient (Wildman–Crippen LogP) is 2.01. The molecule has 2 aromatic rings. The number of carbonyl (C=O) groups excluding carboxylic acids is 1. The van der Waals surface area contributed by atoms with E-state index in [1.54, 1.807) is 24.7 Å². The number of aromatic nitrogens is 3. The Hall–Kier alpha value is -2.48. The zero-order chi connectivity index (χ0) is 21.0. The van der Waals surface area contributed by atoms with Crippen LogP contribution in [-0.4, -0.2) is 45.7 Å². The maximum absolute atomic E-state index is 13.0. The number of pyridine rings is 1. The predicted molar refractivity (Wildman–Crippen MR) is 110 cm³/mol. The van der Waals surface area contributed by atoms with Gasteiger partial charge in [-0.1, -0.05) is 19.0 Å². The molecule has 1 atom stereocenters. The van der Waals surface area contributed by atoms with E-state index in [4.69, 9.17) is 4.52 Å². The Balaban J connectivity index is 1.74. The molecule has 1 amide bonds. The van der Waals surface area contributed by atoms with Crippen molar-refractivity contribution in [2.24, 2.45) is 11.8 Å². The number of piperidine rings is 1. The fourth-order valence-electron chi connectivity index (χ4n) is 3.69. The third kappa shape index (κ3) is 5.32. The summed E-state index contributed by atoms with van der Waals surface area (Å²) in [5.41, 5.74) is 0.657. The lowest BCUT2D eigenvalue weighted by Crippen LogP contribution is -2.38. The highest BCUT2D eigenvalue weighted by Crippen LogP contribution is 2.14. The van der Waals surface area contributed by atoms with Crippen molar-refractivity contribution in [1.82, 2.24) is 24.9 Å². The highest BCUT2D eigenvalue weighted by atomic mass is 16.5. The molecule has 0 aliphatic carbocycles. The van der Waals surface area contributed by atoms with E-state index in [0.717, 1.165) is 25.9 Å². The second-order valence-corrected chi connectivity index (χ2v) is 8.41. The van der Waals surface area contributed by atoms with Gasteiger partial charge >= 0.3 is 0 Å². The molecule has 2 aromatic heterocycles. The summed E-state index contributed by atoms with van der Waals surface area (Å²) in [6.45, 7) is 8.70. The molecule has 1 unspecified atom stereocenters. The van der Waals surface area contributed by atoms with Crippen LogP contribution >= 0.6 is 0 Å². The lowest BCUT2D eigenvalue weighted by molar-refractivity contribution is 0.0777. The SMILES string of the molecule is Cc1ccn(CC2CCCNC2)c(=O)c1C(=O)N(C)Cc1noc(CC(C)C)n1. The van der Waals surface area contributed by atoms with Crippen LogP contribution in [0.3, 0.4) is 0 Å². The average Bonchev–Trinajstić information content (AvgIpc) is 3.11. The van der Waals surface area contributed by atoms with Gasteiger partial charge in [-0.2, -0.15) is 4.98 Å². The van der Waals surface area contributed by atoms with E-state index in [9.17, 15) is 9.59 Å². The van der Waals surface area contributed by atoms with Gasteiger partial charge in [-0.25, -0.2) is 0 Å². The third-order valence-electron chi connectivity index (χ3n) is 5.26. The molecule has 8 heteroatoms. The van der Waals surface area contributed by atoms with Crippen molar-refractivity contribution in [3.8, 4) is 0 Å². The van der Waals surface area contributed by atoms with Crippen molar-refractivity contribution in [2.75, 3.05) is 20.1 Å². The van der Waals surface area contributed by atoms with Gasteiger partial charge in [0.1, 0.15) is 5.56 Å². The van der Waals surface area contributed by atoms with Gasteiger partial charge in [-0.05, 0) is 56.3 Å². The second-order valence-electron chi connectivity index (χ2n) is 8.41. The summed E-state index contributed by atoms with van der Waals surface area (Å²) in [4.78, 5) is 31.9. The highest BCUT2D eigenvalue weighted by molar-refractivity contribution is 5.95. The quantitative estimate of drug-likeness (QED) is 0.763. The fourth-order valence-corrected chi connectivity index (χ4v) is 3.69. The molecule has 1 aliphatic heterocycles. The van der Waals surface area contributed by atoms with Gasteiger partial charge in [0, 0.05) is 26.2 Å². The molecule has 0 aromatic carbocycles. The maximum Gasteiger partial charge on any atom is 0.263 e. The molecule has 0 bridgehead atoms. The fraction of sp³-hybridized carbons (Fsp3) is 0.619. The summed E-state index contributed by atoms with van der Waals surface area (Å²) >= 11 is 0. The van der Waals surface area contributed by atoms with E-state index < -0.39 is 0 Å². The first kappa shape index (κ1) is 21.2. The van der Waals surface area contributed by atoms with Gasteiger partial charge in [0.2, 0.25) is 5.89 Å². The Morgan fingerprint density at radius 3 is 2.93 bits per heavy atom. The largest absolute Gasteiger partial charge is 0.339 e. The zero-order valence-electron chi connectivity index (χ0n) is 17.8. The number of rotatable bonds is 7. The molecule has 0 spiro atoms. The van der Waals surface area contributed by atoms with Gasteiger partial charge in [-0.15, -0.1) is 0 Å². The summed E-state index contributed by atoms with van der Waals surface area (Å²) in [6, 6.07) is 1.84. The van der Waals surface area contributed by atoms with Crippen LogP contribution in [0.15, 0.2) is 21.6 Å². The van der Waals surface area contributed by atoms with Crippen LogP contribution in [0.5, 0.6) is 0 Å². The number of aryl methyl sites for hydroxylation is 1. The lowest BCUT2D eigenvalue weighted by atomic mass is 9.99. The molecule has 1 fully saturated rings. The summed E-state index contributed by atoms with van der Waals surface area (Å²) in [6.07, 6.45) is 4.69. The van der Waals surface area contributed by atoms with Crippen molar-refractivity contribution in [3.05, 3.63) is 45.5 Å². The Morgan fingerprint density at radius 1 is 1.45 bits per heavy atom. The first-order valence-corrected chi connectivity index (χ1v) is 10.3. The minimum absolute atomic E-state index is 0.195. The Kier molecular flexibility index (Phi) is 6.84. The summed E-state index contributed by atoms with van der Waals surface area (Å²) in [7, 11) is 1.65. The number of nitrogens with one attached hydrogen (secondary N) is 1. The average molecular weight is 402 g/mol. The molecule has 1 aliphatic rings. The van der Waals surface area contributed by atoms with Gasteiger partial charge < -0.3 is 19.3 Å². The minimum Gasteiger partial charge on any atom is -0.339 e. The van der Waals surface area contributed by atoms with Crippen LogP contribution in [-0.2, 0) is 19.5 Å². The Bertz CT molecular complexity index is 896. The van der Waals surface area contributed by atoms with Gasteiger partial charge in [0.15, 0.2) is 5.82 Å². The topological polar surface area (TPSA) is 93.3 Å². The van der Waals surface area contributed by atoms with Crippen LogP contribution in [0.1, 0.15) is 54.3 Å². The molecule has 1 N–H and O–H groups in total. The van der Waals surface area contributed by atoms with Crippen LogP contribution in [0.4, 0.5) is 0 Å². The van der Waals surface area contributed by atoms with Crippen LogP contribution in [0, 0.1) is 18.8 Å². The van der Waals surface area contributed by atoms with E-state index in [0.29, 0.717) is 42.1 Å². The van der Waals surface area contributed by atoms with Crippen molar-refractivity contribution in [1.29, 1.82) is 0 Å². The summed E-state index contributed by atoms with van der Waals surface area (Å²) in [5.74, 6) is 1.50. The molecule has 0 radical (unpaired) electrons. The van der Waals surface area contributed by atoms with Gasteiger partial charge in [0.05, 0.1) is 6.54 Å². The number of hydrogen-bond acceptors (Lipinski definition) is 6. The van der Waals surface area contributed by atoms with Crippen molar-refractivity contribution in [3.63, 3.8) is 0 Å². The molecule has 3 heterocycles. The Morgan fingerprint density at radius 2 is 2.24 bits per heavy atom. The van der Waals surface area contributed by atoms with Crippen molar-refractivity contribution in [2.45, 2.75) is 53.1 Å². The molecule has 3 rings (SSSR count). The van der Waals surface area contributed by atoms with E-state index in [1.807, 2.05) is 6.07 Å². The molecular formula is C21H31N5O3. The smallest absolute Gasteiger partial charge is 0.263 e. The summed E-state index contributed by atoms with van der Waals surface area (Å²) < 4.78 is 6.91. The minimum atomic E-state index is -0.321. The van der Waals surface area contributed by atoms with Crippen molar-refractivity contribution >= 4 is 5.91 Å². The number of nitrogens with zero attached hydrogens (tertiary/aromatic N) is 4. The van der Waals surface area contributed by atoms with E-state index in [2.05, 4.69) is 29.3 Å². The summed E-state index contributed by atoms with van der Waals surface area (Å²) in [5, 5.41) is 7.32. The Labute approximate surface area is 171 Å². The number of hydrogen-bond donors (Lipinski definition) is 1. The monoisotopic (exact) mass is 401 g/mol. The number of carbonyl (C=O) groups is 1. The zero-order valence-corrected chi connectivity index (χ0v) is 17.8. The van der Waals surface area contributed by atoms with Crippen LogP contribution in [0.2, 0.25) is 0 Å². The van der Waals surface area contributed by atoms with Crippen LogP contribution in [0.25, 0.3) is 0 Å². The van der Waals surface area contributed by atoms with Crippen molar-refractivity contribution < 1.29 is 9.32 Å². The second kappa shape index (κ2) is 9.35. The van der Waals surface area contributed by atoms with E-state index >= 15 is 0 Å². The van der Waals surface area contributed by atoms with E-state index in [1.165, 1.54) is 4.90 Å². The van der Waals surface area contributed by atoms with Crippen LogP contribution < -0.4 is 10.9 Å². The first-order chi connectivity index (χ1) is 13.8. The molecule has 8 nitrogen and oxygen atoms in total. The highest BCUT2D eigenvalue weighted by Gasteiger charge is 2.22. The normalized spacial score (nSPS) is 16.9. The third-order valence-corrected chi connectivity index (χ3v) is 5.26. The standard InChI is InChI=1S/C21H31N5O3/c1-14(2)10-18-23-17(24-29-18)13-25(4)20(27)19-15(3)7-9-26(21(19)28)12-16-6-5-8-22-11-16/h7,9,14,16,22H,5-6,8,10-13H2,1-4H3. The molecule has 29 heavy (non-hydrogen) atoms. The molecule has 1 saturated heterocycles. The number of amides is 1. The molecule has 158 valence electrons.